The fourth-order valence-corrected chi connectivity index (χ4v) is 6.42. The summed E-state index contributed by atoms with van der Waals surface area (Å²) in [6.45, 7) is 0.334. The third-order valence-electron chi connectivity index (χ3n) is 4.57. The minimum absolute atomic E-state index is 0.167. The molecular formula is C18H20FNO4S2. The molecule has 0 amide bonds. The third-order valence-corrected chi connectivity index (χ3v) is 8.70. The summed E-state index contributed by atoms with van der Waals surface area (Å²) in [5.41, 5.74) is 0.505. The number of nitrogens with zero attached hydrogens (tertiary/aromatic N) is 1. The number of sulfone groups is 1. The van der Waals surface area contributed by atoms with Crippen LogP contribution in [0, 0.1) is 5.82 Å². The van der Waals surface area contributed by atoms with Crippen molar-refractivity contribution in [3.8, 4) is 0 Å². The van der Waals surface area contributed by atoms with Crippen LogP contribution in [0.5, 0.6) is 0 Å². The molecule has 140 valence electrons. The van der Waals surface area contributed by atoms with Crippen molar-refractivity contribution in [3.63, 3.8) is 0 Å². The van der Waals surface area contributed by atoms with Gasteiger partial charge in [-0.1, -0.05) is 30.3 Å². The lowest BCUT2D eigenvalue weighted by Gasteiger charge is -2.31. The van der Waals surface area contributed by atoms with E-state index >= 15 is 0 Å². The van der Waals surface area contributed by atoms with E-state index in [1.165, 1.54) is 28.6 Å². The van der Waals surface area contributed by atoms with Gasteiger partial charge in [0.25, 0.3) is 0 Å². The first kappa shape index (κ1) is 19.0. The van der Waals surface area contributed by atoms with Gasteiger partial charge in [0, 0.05) is 13.1 Å². The summed E-state index contributed by atoms with van der Waals surface area (Å²) < 4.78 is 64.7. The lowest BCUT2D eigenvalue weighted by molar-refractivity contribution is 0.345. The Balaban J connectivity index is 1.67. The first-order chi connectivity index (χ1) is 12.3. The van der Waals surface area contributed by atoms with Gasteiger partial charge < -0.3 is 0 Å². The normalized spacial score (nSPS) is 17.3. The molecule has 0 atom stereocenters. The van der Waals surface area contributed by atoms with Gasteiger partial charge in [0.1, 0.15) is 5.82 Å². The molecule has 0 bridgehead atoms. The van der Waals surface area contributed by atoms with Crippen LogP contribution in [0.1, 0.15) is 18.4 Å². The van der Waals surface area contributed by atoms with E-state index in [9.17, 15) is 21.2 Å². The molecule has 5 nitrogen and oxygen atoms in total. The molecule has 26 heavy (non-hydrogen) atoms. The van der Waals surface area contributed by atoms with Gasteiger partial charge in [0.15, 0.2) is 9.84 Å². The monoisotopic (exact) mass is 397 g/mol. The van der Waals surface area contributed by atoms with E-state index in [2.05, 4.69) is 0 Å². The SMILES string of the molecule is O=S(=O)(c1ccccc1)C1CCN(S(=O)(=O)Cc2ccc(F)cc2)CC1. The molecule has 3 rings (SSSR count). The Bertz CT molecular complexity index is 950. The van der Waals surface area contributed by atoms with Crippen molar-refractivity contribution in [1.29, 1.82) is 0 Å². The van der Waals surface area contributed by atoms with Gasteiger partial charge in [-0.05, 0) is 42.7 Å². The van der Waals surface area contributed by atoms with Crippen LogP contribution in [0.2, 0.25) is 0 Å². The van der Waals surface area contributed by atoms with E-state index < -0.39 is 30.9 Å². The number of hydrogen-bond acceptors (Lipinski definition) is 4. The predicted octanol–water partition coefficient (Wildman–Crippen LogP) is 2.59. The fraction of sp³-hybridized carbons (Fsp3) is 0.333. The molecular weight excluding hydrogens is 377 g/mol. The van der Waals surface area contributed by atoms with Gasteiger partial charge >= 0.3 is 0 Å². The van der Waals surface area contributed by atoms with Crippen LogP contribution >= 0.6 is 0 Å². The number of halogens is 1. The van der Waals surface area contributed by atoms with Crippen LogP contribution in [0.3, 0.4) is 0 Å². The van der Waals surface area contributed by atoms with E-state index in [0.29, 0.717) is 5.56 Å². The predicted molar refractivity (Wildman–Crippen MR) is 97.2 cm³/mol. The standard InChI is InChI=1S/C18H20FNO4S2/c19-16-8-6-15(7-9-16)14-25(21,22)20-12-10-18(11-13-20)26(23,24)17-4-2-1-3-5-17/h1-9,18H,10-14H2. The molecule has 0 N–H and O–H groups in total. The maximum Gasteiger partial charge on any atom is 0.218 e. The molecule has 0 aliphatic carbocycles. The Kier molecular flexibility index (Phi) is 5.45. The van der Waals surface area contributed by atoms with E-state index in [1.807, 2.05) is 0 Å². The summed E-state index contributed by atoms with van der Waals surface area (Å²) in [6, 6.07) is 13.6. The average Bonchev–Trinajstić information content (AvgIpc) is 2.64. The van der Waals surface area contributed by atoms with Gasteiger partial charge in [0.05, 0.1) is 15.9 Å². The Morgan fingerprint density at radius 3 is 2.04 bits per heavy atom. The zero-order valence-corrected chi connectivity index (χ0v) is 15.7. The molecule has 2 aromatic carbocycles. The van der Waals surface area contributed by atoms with Crippen LogP contribution < -0.4 is 0 Å². The van der Waals surface area contributed by atoms with Crippen molar-refractivity contribution in [3.05, 3.63) is 66.0 Å². The average molecular weight is 397 g/mol. The lowest BCUT2D eigenvalue weighted by atomic mass is 10.2. The highest BCUT2D eigenvalue weighted by Gasteiger charge is 2.34. The second kappa shape index (κ2) is 7.46. The number of sulfonamides is 1. The summed E-state index contributed by atoms with van der Waals surface area (Å²) in [5.74, 6) is -0.637. The molecule has 0 saturated carbocycles. The van der Waals surface area contributed by atoms with E-state index in [1.54, 1.807) is 30.3 Å². The molecule has 0 spiro atoms. The van der Waals surface area contributed by atoms with Gasteiger partial charge in [-0.2, -0.15) is 0 Å². The smallest absolute Gasteiger partial charge is 0.218 e. The van der Waals surface area contributed by atoms with Crippen LogP contribution in [0.25, 0.3) is 0 Å². The van der Waals surface area contributed by atoms with Crippen molar-refractivity contribution in [1.82, 2.24) is 4.31 Å². The van der Waals surface area contributed by atoms with Crippen molar-refractivity contribution in [2.45, 2.75) is 28.7 Å². The first-order valence-corrected chi connectivity index (χ1v) is 11.5. The second-order valence-corrected chi connectivity index (χ2v) is 10.5. The van der Waals surface area contributed by atoms with Crippen LogP contribution in [-0.4, -0.2) is 39.5 Å². The minimum atomic E-state index is -3.57. The third kappa shape index (κ3) is 4.13. The summed E-state index contributed by atoms with van der Waals surface area (Å²) in [4.78, 5) is 0.271. The van der Waals surface area contributed by atoms with Crippen molar-refractivity contribution in [2.24, 2.45) is 0 Å². The van der Waals surface area contributed by atoms with Crippen molar-refractivity contribution < 1.29 is 21.2 Å². The Hall–Kier alpha value is -1.77. The number of benzene rings is 2. The van der Waals surface area contributed by atoms with Crippen molar-refractivity contribution in [2.75, 3.05) is 13.1 Å². The quantitative estimate of drug-likeness (QED) is 0.778. The highest BCUT2D eigenvalue weighted by molar-refractivity contribution is 7.92. The molecule has 8 heteroatoms. The summed E-state index contributed by atoms with van der Waals surface area (Å²) in [5, 5.41) is -0.581. The molecule has 2 aromatic rings. The number of hydrogen-bond donors (Lipinski definition) is 0. The molecule has 0 aromatic heterocycles. The number of rotatable bonds is 5. The van der Waals surface area contributed by atoms with Crippen LogP contribution in [0.15, 0.2) is 59.5 Å². The summed E-state index contributed by atoms with van der Waals surface area (Å²) >= 11 is 0. The minimum Gasteiger partial charge on any atom is -0.223 e. The molecule has 0 radical (unpaired) electrons. The highest BCUT2D eigenvalue weighted by atomic mass is 32.2. The molecule has 1 saturated heterocycles. The molecule has 1 fully saturated rings. The molecule has 1 aliphatic heterocycles. The van der Waals surface area contributed by atoms with Gasteiger partial charge in [-0.3, -0.25) is 0 Å². The number of piperidine rings is 1. The topological polar surface area (TPSA) is 71.5 Å². The maximum absolute atomic E-state index is 13.0. The molecule has 0 unspecified atom stereocenters. The fourth-order valence-electron chi connectivity index (χ4n) is 3.11. The maximum atomic E-state index is 13.0. The Morgan fingerprint density at radius 2 is 1.46 bits per heavy atom. The van der Waals surface area contributed by atoms with E-state index in [4.69, 9.17) is 0 Å². The van der Waals surface area contributed by atoms with E-state index in [0.717, 1.165) is 0 Å². The zero-order chi connectivity index (χ0) is 18.8. The zero-order valence-electron chi connectivity index (χ0n) is 14.1. The largest absolute Gasteiger partial charge is 0.223 e. The first-order valence-electron chi connectivity index (χ1n) is 8.30. The van der Waals surface area contributed by atoms with Crippen LogP contribution in [-0.2, 0) is 25.6 Å². The second-order valence-electron chi connectivity index (χ2n) is 6.34. The summed E-state index contributed by atoms with van der Waals surface area (Å²) in [6.07, 6.45) is 0.528. The Morgan fingerprint density at radius 1 is 0.885 bits per heavy atom. The van der Waals surface area contributed by atoms with Crippen molar-refractivity contribution >= 4 is 19.9 Å². The van der Waals surface area contributed by atoms with Gasteiger partial charge in [-0.15, -0.1) is 0 Å². The lowest BCUT2D eigenvalue weighted by Crippen LogP contribution is -2.42. The summed E-state index contributed by atoms with van der Waals surface area (Å²) in [7, 11) is -7.02. The highest BCUT2D eigenvalue weighted by Crippen LogP contribution is 2.26. The van der Waals surface area contributed by atoms with Crippen LogP contribution in [0.4, 0.5) is 4.39 Å². The molecule has 1 heterocycles. The molecule has 1 aliphatic rings. The van der Waals surface area contributed by atoms with Gasteiger partial charge in [-0.25, -0.2) is 25.5 Å². The Labute approximate surface area is 153 Å². The van der Waals surface area contributed by atoms with E-state index in [-0.39, 0.29) is 36.6 Å². The van der Waals surface area contributed by atoms with Gasteiger partial charge in [0.2, 0.25) is 10.0 Å².